The quantitative estimate of drug-likeness (QED) is 0.648. The zero-order valence-corrected chi connectivity index (χ0v) is 15.7. The summed E-state index contributed by atoms with van der Waals surface area (Å²) in [7, 11) is 0. The minimum atomic E-state index is -0.416. The number of thioether (sulfide) groups is 1. The van der Waals surface area contributed by atoms with Gasteiger partial charge >= 0.3 is 0 Å². The molecule has 3 rings (SSSR count). The predicted molar refractivity (Wildman–Crippen MR) is 99.1 cm³/mol. The van der Waals surface area contributed by atoms with E-state index in [1.54, 1.807) is 42.5 Å². The molecule has 132 valence electrons. The number of benzene rings is 1. The number of hydrogen-bond donors (Lipinski definition) is 1. The van der Waals surface area contributed by atoms with Crippen molar-refractivity contribution in [1.29, 1.82) is 5.26 Å². The smallest absolute Gasteiger partial charge is 0.277 e. The summed E-state index contributed by atoms with van der Waals surface area (Å²) in [5.74, 6) is 0.284. The van der Waals surface area contributed by atoms with Crippen molar-refractivity contribution in [2.24, 2.45) is 0 Å². The van der Waals surface area contributed by atoms with E-state index in [1.165, 1.54) is 11.8 Å². The van der Waals surface area contributed by atoms with Crippen LogP contribution in [0, 0.1) is 18.3 Å². The highest BCUT2D eigenvalue weighted by molar-refractivity contribution is 8.00. The second kappa shape index (κ2) is 8.12. The Balaban J connectivity index is 1.56. The van der Waals surface area contributed by atoms with Crippen molar-refractivity contribution in [3.63, 3.8) is 0 Å². The van der Waals surface area contributed by atoms with Gasteiger partial charge in [0.15, 0.2) is 0 Å². The predicted octanol–water partition coefficient (Wildman–Crippen LogP) is 3.42. The Hall–Kier alpha value is -2.70. The first kappa shape index (κ1) is 18.1. The fraction of sp³-hybridized carbons (Fsp3) is 0.235. The van der Waals surface area contributed by atoms with Crippen LogP contribution in [-0.2, 0) is 11.2 Å². The van der Waals surface area contributed by atoms with Crippen LogP contribution >= 0.6 is 23.1 Å². The lowest BCUT2D eigenvalue weighted by molar-refractivity contribution is -0.115. The molecule has 0 spiro atoms. The highest BCUT2D eigenvalue weighted by Crippen LogP contribution is 2.24. The maximum Gasteiger partial charge on any atom is 0.277 e. The topological polar surface area (TPSA) is 105 Å². The van der Waals surface area contributed by atoms with E-state index in [9.17, 15) is 4.79 Å². The molecule has 7 nitrogen and oxygen atoms in total. The average molecular weight is 385 g/mol. The maximum atomic E-state index is 12.3. The number of nitrogens with zero attached hydrogens (tertiary/aromatic N) is 4. The summed E-state index contributed by atoms with van der Waals surface area (Å²) in [5, 5.41) is 22.4. The molecule has 1 amide bonds. The molecular formula is C17H15N5O2S2. The molecule has 0 aliphatic heterocycles. The van der Waals surface area contributed by atoms with Crippen molar-refractivity contribution < 1.29 is 9.21 Å². The lowest BCUT2D eigenvalue weighted by Crippen LogP contribution is -2.22. The van der Waals surface area contributed by atoms with Crippen molar-refractivity contribution in [3.8, 4) is 6.07 Å². The number of nitrogens with one attached hydrogen (secondary N) is 1. The Bertz CT molecular complexity index is 943. The summed E-state index contributed by atoms with van der Waals surface area (Å²) in [6.07, 6.45) is 0.476. The molecule has 2 heterocycles. The van der Waals surface area contributed by atoms with Gasteiger partial charge in [-0.15, -0.1) is 21.5 Å². The number of aromatic nitrogens is 3. The number of thiazole rings is 1. The molecule has 26 heavy (non-hydrogen) atoms. The molecule has 0 unspecified atom stereocenters. The second-order valence-electron chi connectivity index (χ2n) is 5.43. The number of hydrogen-bond acceptors (Lipinski definition) is 8. The number of aryl methyl sites for hydroxylation is 1. The van der Waals surface area contributed by atoms with Gasteiger partial charge < -0.3 is 9.73 Å². The summed E-state index contributed by atoms with van der Waals surface area (Å²) >= 11 is 2.76. The Morgan fingerprint density at radius 1 is 1.38 bits per heavy atom. The Morgan fingerprint density at radius 3 is 2.81 bits per heavy atom. The molecule has 9 heteroatoms. The van der Waals surface area contributed by atoms with E-state index in [-0.39, 0.29) is 5.91 Å². The number of anilines is 1. The Labute approximate surface area is 158 Å². The molecule has 2 aromatic heterocycles. The van der Waals surface area contributed by atoms with Crippen LogP contribution < -0.4 is 5.32 Å². The van der Waals surface area contributed by atoms with E-state index in [1.807, 2.05) is 18.4 Å². The van der Waals surface area contributed by atoms with Crippen LogP contribution in [0.25, 0.3) is 0 Å². The van der Waals surface area contributed by atoms with Gasteiger partial charge in [0.05, 0.1) is 34.0 Å². The van der Waals surface area contributed by atoms with Crippen LogP contribution in [0.1, 0.15) is 29.1 Å². The number of carbonyl (C=O) groups excluding carboxylic acids is 1. The average Bonchev–Trinajstić information content (AvgIpc) is 3.24. The summed E-state index contributed by atoms with van der Waals surface area (Å²) in [4.78, 5) is 16.6. The summed E-state index contributed by atoms with van der Waals surface area (Å²) in [5.41, 5.74) is 2.06. The first-order valence-electron chi connectivity index (χ1n) is 7.74. The van der Waals surface area contributed by atoms with E-state index >= 15 is 0 Å². The number of amides is 1. The molecular weight excluding hydrogens is 370 g/mol. The van der Waals surface area contributed by atoms with E-state index in [0.29, 0.717) is 28.8 Å². The van der Waals surface area contributed by atoms with Gasteiger partial charge in [-0.25, -0.2) is 4.98 Å². The third-order valence-electron chi connectivity index (χ3n) is 3.38. The van der Waals surface area contributed by atoms with Gasteiger partial charge in [-0.05, 0) is 38.1 Å². The SMILES string of the molecule is Cc1nc(Cc2nnc(S[C@H](C)C(=O)Nc3ccc(C#N)cc3)o2)cs1. The minimum absolute atomic E-state index is 0.186. The molecule has 0 radical (unpaired) electrons. The molecule has 1 N–H and O–H groups in total. The summed E-state index contributed by atoms with van der Waals surface area (Å²) in [6.45, 7) is 3.70. The van der Waals surface area contributed by atoms with Crippen LogP contribution in [0.3, 0.4) is 0 Å². The lowest BCUT2D eigenvalue weighted by atomic mass is 10.2. The molecule has 0 aliphatic rings. The molecule has 0 aliphatic carbocycles. The standard InChI is InChI=1S/C17H15N5O2S2/c1-10(16(23)20-13-5-3-12(8-18)4-6-13)26-17-22-21-15(24-17)7-14-9-25-11(2)19-14/h3-6,9-10H,7H2,1-2H3,(H,20,23)/t10-/m1/s1. The fourth-order valence-corrected chi connectivity index (χ4v) is 3.39. The normalized spacial score (nSPS) is 11.7. The fourth-order valence-electron chi connectivity index (χ4n) is 2.08. The maximum absolute atomic E-state index is 12.3. The number of carbonyl (C=O) groups is 1. The van der Waals surface area contributed by atoms with Crippen molar-refractivity contribution in [1.82, 2.24) is 15.2 Å². The third-order valence-corrected chi connectivity index (χ3v) is 5.13. The minimum Gasteiger partial charge on any atom is -0.416 e. The second-order valence-corrected chi connectivity index (χ2v) is 7.79. The van der Waals surface area contributed by atoms with Gasteiger partial charge in [-0.2, -0.15) is 5.26 Å². The Morgan fingerprint density at radius 2 is 2.15 bits per heavy atom. The monoisotopic (exact) mass is 385 g/mol. The van der Waals surface area contributed by atoms with Gasteiger partial charge in [0, 0.05) is 11.1 Å². The largest absolute Gasteiger partial charge is 0.416 e. The molecule has 3 aromatic rings. The van der Waals surface area contributed by atoms with Crippen LogP contribution in [0.2, 0.25) is 0 Å². The highest BCUT2D eigenvalue weighted by atomic mass is 32.2. The van der Waals surface area contributed by atoms with Crippen molar-refractivity contribution in [2.45, 2.75) is 30.7 Å². The van der Waals surface area contributed by atoms with Crippen LogP contribution in [0.15, 0.2) is 39.3 Å². The first-order valence-corrected chi connectivity index (χ1v) is 9.50. The zero-order valence-electron chi connectivity index (χ0n) is 14.1. The zero-order chi connectivity index (χ0) is 18.5. The molecule has 0 fully saturated rings. The number of nitriles is 1. The molecule has 0 saturated carbocycles. The first-order chi connectivity index (χ1) is 12.5. The lowest BCUT2D eigenvalue weighted by Gasteiger charge is -2.09. The van der Waals surface area contributed by atoms with Gasteiger partial charge in [0.25, 0.3) is 5.22 Å². The van der Waals surface area contributed by atoms with E-state index in [4.69, 9.17) is 9.68 Å². The van der Waals surface area contributed by atoms with Gasteiger partial charge in [0.2, 0.25) is 11.8 Å². The van der Waals surface area contributed by atoms with Gasteiger partial charge in [0.1, 0.15) is 0 Å². The molecule has 1 aromatic carbocycles. The van der Waals surface area contributed by atoms with Crippen LogP contribution in [-0.4, -0.2) is 26.3 Å². The summed E-state index contributed by atoms with van der Waals surface area (Å²) in [6, 6.07) is 8.71. The molecule has 1 atom stereocenters. The number of rotatable bonds is 6. The molecule has 0 bridgehead atoms. The summed E-state index contributed by atoms with van der Waals surface area (Å²) < 4.78 is 5.59. The molecule has 0 saturated heterocycles. The van der Waals surface area contributed by atoms with Crippen molar-refractivity contribution in [2.75, 3.05) is 5.32 Å². The van der Waals surface area contributed by atoms with E-state index < -0.39 is 5.25 Å². The Kier molecular flexibility index (Phi) is 5.65. The van der Waals surface area contributed by atoms with Gasteiger partial charge in [-0.1, -0.05) is 11.8 Å². The van der Waals surface area contributed by atoms with Crippen molar-refractivity contribution in [3.05, 3.63) is 51.8 Å². The van der Waals surface area contributed by atoms with Crippen molar-refractivity contribution >= 4 is 34.7 Å². The van der Waals surface area contributed by atoms with Gasteiger partial charge in [-0.3, -0.25) is 4.79 Å². The highest BCUT2D eigenvalue weighted by Gasteiger charge is 2.19. The van der Waals surface area contributed by atoms with Crippen LogP contribution in [0.4, 0.5) is 5.69 Å². The van der Waals surface area contributed by atoms with Crippen LogP contribution in [0.5, 0.6) is 0 Å². The third kappa shape index (κ3) is 4.68. The van der Waals surface area contributed by atoms with E-state index in [2.05, 4.69) is 20.5 Å². The van der Waals surface area contributed by atoms with E-state index in [0.717, 1.165) is 10.7 Å².